The van der Waals surface area contributed by atoms with Crippen LogP contribution < -0.4 is 4.90 Å². The van der Waals surface area contributed by atoms with Crippen LogP contribution >= 0.6 is 0 Å². The molecule has 49 heavy (non-hydrogen) atoms. The van der Waals surface area contributed by atoms with Crippen molar-refractivity contribution < 1.29 is 8.83 Å². The van der Waals surface area contributed by atoms with Crippen molar-refractivity contribution in [3.05, 3.63) is 170 Å². The van der Waals surface area contributed by atoms with Gasteiger partial charge in [0.25, 0.3) is 0 Å². The van der Waals surface area contributed by atoms with Crippen LogP contribution in [0.5, 0.6) is 0 Å². The van der Waals surface area contributed by atoms with Gasteiger partial charge in [-0.25, -0.2) is 4.98 Å². The van der Waals surface area contributed by atoms with Crippen LogP contribution in [-0.2, 0) is 0 Å². The van der Waals surface area contributed by atoms with Gasteiger partial charge in [0.05, 0.1) is 11.1 Å². The zero-order valence-electron chi connectivity index (χ0n) is 26.4. The second kappa shape index (κ2) is 11.0. The van der Waals surface area contributed by atoms with Crippen LogP contribution in [0.25, 0.3) is 77.2 Å². The minimum Gasteiger partial charge on any atom is -0.456 e. The summed E-state index contributed by atoms with van der Waals surface area (Å²) in [7, 11) is 0. The van der Waals surface area contributed by atoms with Crippen molar-refractivity contribution in [1.82, 2.24) is 4.98 Å². The van der Waals surface area contributed by atoms with Crippen LogP contribution in [-0.4, -0.2) is 4.98 Å². The lowest BCUT2D eigenvalue weighted by Crippen LogP contribution is -2.11. The van der Waals surface area contributed by atoms with Gasteiger partial charge in [0.2, 0.25) is 5.89 Å². The highest BCUT2D eigenvalue weighted by Crippen LogP contribution is 2.46. The number of rotatable bonds is 5. The molecule has 0 saturated carbocycles. The van der Waals surface area contributed by atoms with Crippen LogP contribution in [0.15, 0.2) is 179 Å². The second-order valence-electron chi connectivity index (χ2n) is 12.4. The van der Waals surface area contributed by atoms with Crippen LogP contribution in [0, 0.1) is 0 Å². The lowest BCUT2D eigenvalue weighted by Gasteiger charge is -2.26. The fourth-order valence-corrected chi connectivity index (χ4v) is 7.14. The summed E-state index contributed by atoms with van der Waals surface area (Å²) >= 11 is 0. The third kappa shape index (κ3) is 4.49. The summed E-state index contributed by atoms with van der Waals surface area (Å²) < 4.78 is 13.3. The Morgan fingerprint density at radius 1 is 0.429 bits per heavy atom. The van der Waals surface area contributed by atoms with Crippen molar-refractivity contribution in [2.75, 3.05) is 4.90 Å². The van der Waals surface area contributed by atoms with E-state index >= 15 is 0 Å². The van der Waals surface area contributed by atoms with Crippen molar-refractivity contribution in [2.45, 2.75) is 0 Å². The zero-order valence-corrected chi connectivity index (χ0v) is 26.4. The quantitative estimate of drug-likeness (QED) is 0.178. The predicted octanol–water partition coefficient (Wildman–Crippen LogP) is 12.8. The number of aromatic nitrogens is 1. The third-order valence-electron chi connectivity index (χ3n) is 9.45. The van der Waals surface area contributed by atoms with Gasteiger partial charge in [-0.3, -0.25) is 0 Å². The highest BCUT2D eigenvalue weighted by Gasteiger charge is 2.25. The fourth-order valence-electron chi connectivity index (χ4n) is 7.14. The first-order valence-corrected chi connectivity index (χ1v) is 16.5. The standard InChI is InChI=1S/C45H28N2O2/c1-3-12-29(13-4-1)33-17-11-18-34(26-33)47(35-25-24-31-23-22-30-14-7-8-19-36(30)38(31)27-35)39-28-41-42(37-20-9-10-21-40(37)48-41)44-43(39)46-45(49-44)32-15-5-2-6-16-32/h1-28H. The van der Waals surface area contributed by atoms with E-state index in [4.69, 9.17) is 13.8 Å². The second-order valence-corrected chi connectivity index (χ2v) is 12.4. The van der Waals surface area contributed by atoms with Gasteiger partial charge in [0.1, 0.15) is 16.7 Å². The molecule has 0 saturated heterocycles. The molecule has 0 fully saturated rings. The van der Waals surface area contributed by atoms with E-state index in [9.17, 15) is 0 Å². The monoisotopic (exact) mass is 628 g/mol. The normalized spacial score (nSPS) is 11.7. The predicted molar refractivity (Wildman–Crippen MR) is 202 cm³/mol. The van der Waals surface area contributed by atoms with Gasteiger partial charge in [-0.15, -0.1) is 0 Å². The van der Waals surface area contributed by atoms with Gasteiger partial charge in [-0.05, 0) is 75.1 Å². The number of hydrogen-bond donors (Lipinski definition) is 0. The molecule has 2 aromatic heterocycles. The van der Waals surface area contributed by atoms with Crippen LogP contribution in [0.2, 0.25) is 0 Å². The Balaban J connectivity index is 1.30. The Hall–Kier alpha value is -6.65. The van der Waals surface area contributed by atoms with Crippen LogP contribution in [0.3, 0.4) is 0 Å². The van der Waals surface area contributed by atoms with Crippen molar-refractivity contribution in [3.63, 3.8) is 0 Å². The first-order valence-electron chi connectivity index (χ1n) is 16.5. The highest BCUT2D eigenvalue weighted by atomic mass is 16.4. The number of oxazole rings is 1. The molecule has 4 nitrogen and oxygen atoms in total. The minimum absolute atomic E-state index is 0.567. The molecule has 0 atom stereocenters. The molecular formula is C45H28N2O2. The molecule has 0 N–H and O–H groups in total. The van der Waals surface area contributed by atoms with Crippen LogP contribution in [0.1, 0.15) is 0 Å². The number of nitrogens with zero attached hydrogens (tertiary/aromatic N) is 2. The summed E-state index contributed by atoms with van der Waals surface area (Å²) in [6.07, 6.45) is 0. The minimum atomic E-state index is 0.567. The molecule has 0 amide bonds. The smallest absolute Gasteiger partial charge is 0.227 e. The Labute approximate surface area is 282 Å². The molecular weight excluding hydrogens is 601 g/mol. The molecule has 0 bridgehead atoms. The van der Waals surface area contributed by atoms with Gasteiger partial charge >= 0.3 is 0 Å². The van der Waals surface area contributed by atoms with E-state index in [1.165, 1.54) is 21.5 Å². The summed E-state index contributed by atoms with van der Waals surface area (Å²) in [5.74, 6) is 0.567. The van der Waals surface area contributed by atoms with E-state index in [0.717, 1.165) is 61.2 Å². The largest absolute Gasteiger partial charge is 0.456 e. The first kappa shape index (κ1) is 27.5. The van der Waals surface area contributed by atoms with Crippen LogP contribution in [0.4, 0.5) is 17.1 Å². The molecule has 0 aliphatic heterocycles. The maximum absolute atomic E-state index is 6.72. The van der Waals surface area contributed by atoms with Gasteiger partial charge in [0, 0.05) is 28.4 Å². The molecule has 10 rings (SSSR count). The van der Waals surface area contributed by atoms with Crippen molar-refractivity contribution in [3.8, 4) is 22.6 Å². The van der Waals surface area contributed by atoms with E-state index in [0.29, 0.717) is 11.5 Å². The Morgan fingerprint density at radius 3 is 1.92 bits per heavy atom. The van der Waals surface area contributed by atoms with Gasteiger partial charge in [-0.1, -0.05) is 121 Å². The SMILES string of the molecule is c1ccc(-c2cccc(N(c3ccc4ccc5ccccc5c4c3)c3cc4oc5ccccc5c4c4oc(-c5ccccc5)nc34)c2)cc1. The third-order valence-corrected chi connectivity index (χ3v) is 9.45. The first-order chi connectivity index (χ1) is 24.3. The van der Waals surface area contributed by atoms with Crippen molar-refractivity contribution >= 4 is 71.6 Å². The molecule has 2 heterocycles. The summed E-state index contributed by atoms with van der Waals surface area (Å²) in [5.41, 5.74) is 9.10. The topological polar surface area (TPSA) is 42.4 Å². The number of benzene rings is 8. The van der Waals surface area contributed by atoms with E-state index in [-0.39, 0.29) is 0 Å². The molecule has 0 aliphatic carbocycles. The summed E-state index contributed by atoms with van der Waals surface area (Å²) in [6, 6.07) is 59.2. The molecule has 0 aliphatic rings. The van der Waals surface area contributed by atoms with Gasteiger partial charge in [0.15, 0.2) is 5.58 Å². The summed E-state index contributed by atoms with van der Waals surface area (Å²) in [6.45, 7) is 0. The molecule has 8 aromatic carbocycles. The fraction of sp³-hybridized carbons (Fsp3) is 0. The average molecular weight is 629 g/mol. The number of fused-ring (bicyclic) bond motifs is 8. The Kier molecular flexibility index (Phi) is 6.15. The molecule has 230 valence electrons. The highest BCUT2D eigenvalue weighted by molar-refractivity contribution is 6.20. The van der Waals surface area contributed by atoms with Crippen molar-refractivity contribution in [2.24, 2.45) is 0 Å². The summed E-state index contributed by atoms with van der Waals surface area (Å²) in [4.78, 5) is 7.53. The van der Waals surface area contributed by atoms with E-state index in [1.54, 1.807) is 0 Å². The molecule has 0 spiro atoms. The lowest BCUT2D eigenvalue weighted by molar-refractivity contribution is 0.622. The number of hydrogen-bond acceptors (Lipinski definition) is 4. The maximum atomic E-state index is 6.72. The average Bonchev–Trinajstić information content (AvgIpc) is 3.78. The Bertz CT molecular complexity index is 2830. The summed E-state index contributed by atoms with van der Waals surface area (Å²) in [5, 5.41) is 6.72. The van der Waals surface area contributed by atoms with E-state index in [1.807, 2.05) is 54.6 Å². The number of anilines is 3. The zero-order chi connectivity index (χ0) is 32.3. The number of para-hydroxylation sites is 1. The van der Waals surface area contributed by atoms with E-state index < -0.39 is 0 Å². The molecule has 4 heteroatoms. The maximum Gasteiger partial charge on any atom is 0.227 e. The lowest BCUT2D eigenvalue weighted by atomic mass is 10.00. The van der Waals surface area contributed by atoms with Gasteiger partial charge < -0.3 is 13.7 Å². The molecule has 0 unspecified atom stereocenters. The Morgan fingerprint density at radius 2 is 1.08 bits per heavy atom. The number of furan rings is 1. The molecule has 10 aromatic rings. The molecule has 0 radical (unpaired) electrons. The van der Waals surface area contributed by atoms with Crippen molar-refractivity contribution in [1.29, 1.82) is 0 Å². The van der Waals surface area contributed by atoms with Gasteiger partial charge in [-0.2, -0.15) is 0 Å². The van der Waals surface area contributed by atoms with E-state index in [2.05, 4.69) is 120 Å².